The van der Waals surface area contributed by atoms with Gasteiger partial charge in [-0.05, 0) is 55.0 Å². The average molecular weight is 323 g/mol. The van der Waals surface area contributed by atoms with Crippen molar-refractivity contribution in [1.82, 2.24) is 0 Å². The van der Waals surface area contributed by atoms with Crippen molar-refractivity contribution in [2.45, 2.75) is 46.1 Å². The van der Waals surface area contributed by atoms with Gasteiger partial charge in [0.2, 0.25) is 0 Å². The Morgan fingerprint density at radius 2 is 2.00 bits per heavy atom. The van der Waals surface area contributed by atoms with Crippen LogP contribution in [0.2, 0.25) is 0 Å². The number of para-hydroxylation sites is 1. The molecule has 0 saturated carbocycles. The third-order valence-electron chi connectivity index (χ3n) is 4.62. The Balaban J connectivity index is 1.76. The first-order chi connectivity index (χ1) is 11.5. The van der Waals surface area contributed by atoms with Crippen LogP contribution in [0.1, 0.15) is 43.4 Å². The van der Waals surface area contributed by atoms with Crippen molar-refractivity contribution in [3.8, 4) is 5.75 Å². The van der Waals surface area contributed by atoms with E-state index in [-0.39, 0.29) is 18.6 Å². The van der Waals surface area contributed by atoms with Crippen molar-refractivity contribution in [1.29, 1.82) is 0 Å². The first-order valence-electron chi connectivity index (χ1n) is 8.60. The van der Waals surface area contributed by atoms with Crippen LogP contribution in [0.4, 0.5) is 5.69 Å². The third-order valence-corrected chi connectivity index (χ3v) is 4.62. The maximum atomic E-state index is 12.8. The lowest BCUT2D eigenvalue weighted by molar-refractivity contribution is -0.120. The molecule has 0 spiro atoms. The number of carbonyl (C=O) groups excluding carboxylic acids is 1. The van der Waals surface area contributed by atoms with Crippen molar-refractivity contribution < 1.29 is 9.53 Å². The van der Waals surface area contributed by atoms with E-state index in [0.29, 0.717) is 5.92 Å². The number of benzene rings is 2. The Kier molecular flexibility index (Phi) is 4.61. The Labute approximate surface area is 144 Å². The van der Waals surface area contributed by atoms with E-state index >= 15 is 0 Å². The van der Waals surface area contributed by atoms with Crippen LogP contribution < -0.4 is 9.64 Å². The molecule has 1 aliphatic heterocycles. The Morgan fingerprint density at radius 3 is 2.75 bits per heavy atom. The van der Waals surface area contributed by atoms with Gasteiger partial charge in [0, 0.05) is 11.7 Å². The van der Waals surface area contributed by atoms with Crippen LogP contribution in [0.5, 0.6) is 5.75 Å². The lowest BCUT2D eigenvalue weighted by atomic mass is 10.0. The molecule has 24 heavy (non-hydrogen) atoms. The van der Waals surface area contributed by atoms with Crippen LogP contribution in [0.3, 0.4) is 0 Å². The Hall–Kier alpha value is -2.29. The fourth-order valence-corrected chi connectivity index (χ4v) is 3.40. The van der Waals surface area contributed by atoms with Gasteiger partial charge in [-0.15, -0.1) is 0 Å². The molecule has 3 heteroatoms. The second-order valence-electron chi connectivity index (χ2n) is 6.93. The molecule has 0 bridgehead atoms. The van der Waals surface area contributed by atoms with Crippen LogP contribution in [0, 0.1) is 6.92 Å². The number of anilines is 1. The second kappa shape index (κ2) is 6.68. The van der Waals surface area contributed by atoms with Gasteiger partial charge in [-0.2, -0.15) is 0 Å². The van der Waals surface area contributed by atoms with Crippen LogP contribution >= 0.6 is 0 Å². The van der Waals surface area contributed by atoms with Gasteiger partial charge in [-0.3, -0.25) is 4.79 Å². The monoisotopic (exact) mass is 323 g/mol. The predicted molar refractivity (Wildman–Crippen MR) is 97.9 cm³/mol. The molecule has 1 heterocycles. The number of carbonyl (C=O) groups is 1. The smallest absolute Gasteiger partial charge is 0.265 e. The van der Waals surface area contributed by atoms with Crippen LogP contribution in [-0.4, -0.2) is 18.6 Å². The minimum Gasteiger partial charge on any atom is -0.483 e. The third kappa shape index (κ3) is 3.16. The summed E-state index contributed by atoms with van der Waals surface area (Å²) in [5, 5.41) is 0. The normalized spacial score (nSPS) is 16.4. The molecule has 0 N–H and O–H groups in total. The van der Waals surface area contributed by atoms with Gasteiger partial charge in [0.1, 0.15) is 5.75 Å². The summed E-state index contributed by atoms with van der Waals surface area (Å²) in [5.74, 6) is 1.20. The van der Waals surface area contributed by atoms with Crippen LogP contribution in [0.25, 0.3) is 0 Å². The maximum Gasteiger partial charge on any atom is 0.265 e. The molecule has 1 amide bonds. The highest BCUT2D eigenvalue weighted by atomic mass is 16.5. The van der Waals surface area contributed by atoms with Gasteiger partial charge in [-0.25, -0.2) is 0 Å². The lowest BCUT2D eigenvalue weighted by Gasteiger charge is -2.23. The van der Waals surface area contributed by atoms with E-state index in [4.69, 9.17) is 4.74 Å². The topological polar surface area (TPSA) is 29.5 Å². The summed E-state index contributed by atoms with van der Waals surface area (Å²) < 4.78 is 5.93. The standard InChI is InChI=1S/C21H25NO2/c1-14(2)18-10-9-15(3)11-20(18)24-13-21(23)22-16(4)12-17-7-5-6-8-19(17)22/h5-11,14,16H,12-13H2,1-4H3/t16-/m1/s1. The fourth-order valence-electron chi connectivity index (χ4n) is 3.40. The molecule has 3 rings (SSSR count). The van der Waals surface area contributed by atoms with Crippen LogP contribution in [0.15, 0.2) is 42.5 Å². The Bertz CT molecular complexity index is 751. The molecule has 0 saturated heterocycles. The van der Waals surface area contributed by atoms with Gasteiger partial charge in [-0.1, -0.05) is 44.2 Å². The van der Waals surface area contributed by atoms with E-state index in [1.165, 1.54) is 5.56 Å². The predicted octanol–water partition coefficient (Wildman–Crippen LogP) is 4.48. The highest BCUT2D eigenvalue weighted by Crippen LogP contribution is 2.32. The zero-order valence-electron chi connectivity index (χ0n) is 14.9. The minimum atomic E-state index is 0.0173. The summed E-state index contributed by atoms with van der Waals surface area (Å²) in [6.07, 6.45) is 0.906. The average Bonchev–Trinajstić information content (AvgIpc) is 2.88. The molecule has 0 aliphatic carbocycles. The van der Waals surface area contributed by atoms with Crippen molar-refractivity contribution in [2.24, 2.45) is 0 Å². The van der Waals surface area contributed by atoms with E-state index in [1.54, 1.807) is 0 Å². The molecule has 2 aromatic rings. The van der Waals surface area contributed by atoms with Crippen LogP contribution in [-0.2, 0) is 11.2 Å². The summed E-state index contributed by atoms with van der Waals surface area (Å²) >= 11 is 0. The number of rotatable bonds is 4. The van der Waals surface area contributed by atoms with Crippen molar-refractivity contribution in [2.75, 3.05) is 11.5 Å². The molecule has 126 valence electrons. The number of ether oxygens (including phenoxy) is 1. The number of nitrogens with zero attached hydrogens (tertiary/aromatic N) is 1. The minimum absolute atomic E-state index is 0.0173. The number of hydrogen-bond donors (Lipinski definition) is 0. The molecule has 0 aromatic heterocycles. The van der Waals surface area contributed by atoms with Gasteiger partial charge in [0.25, 0.3) is 5.91 Å². The number of amides is 1. The Morgan fingerprint density at radius 1 is 1.25 bits per heavy atom. The molecule has 1 atom stereocenters. The number of fused-ring (bicyclic) bond motifs is 1. The SMILES string of the molecule is Cc1ccc(C(C)C)c(OCC(=O)N2c3ccccc3C[C@H]2C)c1. The number of aryl methyl sites for hydroxylation is 1. The zero-order valence-corrected chi connectivity index (χ0v) is 14.9. The molecule has 3 nitrogen and oxygen atoms in total. The van der Waals surface area contributed by atoms with E-state index in [1.807, 2.05) is 36.1 Å². The lowest BCUT2D eigenvalue weighted by Crippen LogP contribution is -2.39. The molecule has 0 unspecified atom stereocenters. The summed E-state index contributed by atoms with van der Waals surface area (Å²) in [4.78, 5) is 14.6. The molecule has 0 fully saturated rings. The van der Waals surface area contributed by atoms with Crippen molar-refractivity contribution in [3.63, 3.8) is 0 Å². The van der Waals surface area contributed by atoms with Gasteiger partial charge >= 0.3 is 0 Å². The highest BCUT2D eigenvalue weighted by Gasteiger charge is 2.30. The van der Waals surface area contributed by atoms with Gasteiger partial charge < -0.3 is 9.64 Å². The quantitative estimate of drug-likeness (QED) is 0.830. The maximum absolute atomic E-state index is 12.8. The van der Waals surface area contributed by atoms with Crippen molar-refractivity contribution >= 4 is 11.6 Å². The fraction of sp³-hybridized carbons (Fsp3) is 0.381. The zero-order chi connectivity index (χ0) is 17.3. The summed E-state index contributed by atoms with van der Waals surface area (Å²) in [6.45, 7) is 8.47. The molecule has 1 aliphatic rings. The summed E-state index contributed by atoms with van der Waals surface area (Å²) in [7, 11) is 0. The second-order valence-corrected chi connectivity index (χ2v) is 6.93. The molecular formula is C21H25NO2. The first kappa shape index (κ1) is 16.6. The summed E-state index contributed by atoms with van der Waals surface area (Å²) in [5.41, 5.74) is 4.54. The molecule has 2 aromatic carbocycles. The largest absolute Gasteiger partial charge is 0.483 e. The molecule has 0 radical (unpaired) electrons. The van der Waals surface area contributed by atoms with Crippen molar-refractivity contribution in [3.05, 3.63) is 59.2 Å². The van der Waals surface area contributed by atoms with E-state index < -0.39 is 0 Å². The van der Waals surface area contributed by atoms with Gasteiger partial charge in [0.15, 0.2) is 6.61 Å². The summed E-state index contributed by atoms with van der Waals surface area (Å²) in [6, 6.07) is 14.5. The number of hydrogen-bond acceptors (Lipinski definition) is 2. The molecular weight excluding hydrogens is 298 g/mol. The van der Waals surface area contributed by atoms with Gasteiger partial charge in [0.05, 0.1) is 0 Å². The van der Waals surface area contributed by atoms with E-state index in [2.05, 4.69) is 39.0 Å². The highest BCUT2D eigenvalue weighted by molar-refractivity contribution is 5.97. The van der Waals surface area contributed by atoms with E-state index in [9.17, 15) is 4.79 Å². The van der Waals surface area contributed by atoms with E-state index in [0.717, 1.165) is 29.0 Å². The first-order valence-corrected chi connectivity index (χ1v) is 8.60.